The minimum atomic E-state index is -1.70. The summed E-state index contributed by atoms with van der Waals surface area (Å²) in [6, 6.07) is 8.78. The molecule has 4 atom stereocenters. The monoisotopic (exact) mass is 416 g/mol. The van der Waals surface area contributed by atoms with Crippen molar-refractivity contribution in [2.45, 2.75) is 23.4 Å². The van der Waals surface area contributed by atoms with Gasteiger partial charge in [0.25, 0.3) is 0 Å². The Labute approximate surface area is 171 Å². The molecule has 0 amide bonds. The number of ether oxygens (including phenoxy) is 7. The second-order valence-corrected chi connectivity index (χ2v) is 7.77. The molecule has 6 rings (SSSR count). The van der Waals surface area contributed by atoms with Crippen molar-refractivity contribution >= 4 is 0 Å². The van der Waals surface area contributed by atoms with Gasteiger partial charge >= 0.3 is 0 Å². The molecule has 4 heterocycles. The second-order valence-electron chi connectivity index (χ2n) is 7.77. The van der Waals surface area contributed by atoms with Crippen LogP contribution in [0.1, 0.15) is 23.3 Å². The Morgan fingerprint density at radius 1 is 0.833 bits per heavy atom. The van der Waals surface area contributed by atoms with Crippen LogP contribution in [0, 0.1) is 0 Å². The number of hydrogen-bond donors (Lipinski definition) is 2. The van der Waals surface area contributed by atoms with Gasteiger partial charge in [-0.15, -0.1) is 0 Å². The number of fused-ring (bicyclic) bond motifs is 3. The third-order valence-electron chi connectivity index (χ3n) is 6.27. The molecule has 0 aliphatic carbocycles. The second kappa shape index (κ2) is 6.14. The highest BCUT2D eigenvalue weighted by Gasteiger charge is 2.70. The van der Waals surface area contributed by atoms with E-state index in [4.69, 9.17) is 33.2 Å². The predicted molar refractivity (Wildman–Crippen MR) is 99.0 cm³/mol. The maximum absolute atomic E-state index is 11.6. The van der Waals surface area contributed by atoms with E-state index in [9.17, 15) is 10.2 Å². The maximum atomic E-state index is 11.6. The zero-order valence-corrected chi connectivity index (χ0v) is 16.1. The standard InChI is InChI=1S/C21H20O9/c1-24-16-12(3-5-14-17(16)30-10-28-14)19-21(23)8-25-18(20(21,22)7-26-19)11-2-4-13-15(6-11)29-9-27-13/h2-6,18-19,22-23H,7-10H2,1H3. The van der Waals surface area contributed by atoms with Gasteiger partial charge in [-0.3, -0.25) is 0 Å². The van der Waals surface area contributed by atoms with Crippen LogP contribution in [-0.4, -0.2) is 55.3 Å². The lowest BCUT2D eigenvalue weighted by atomic mass is 9.77. The van der Waals surface area contributed by atoms with Crippen LogP contribution in [0.4, 0.5) is 0 Å². The Morgan fingerprint density at radius 3 is 2.33 bits per heavy atom. The van der Waals surface area contributed by atoms with Crippen LogP contribution in [-0.2, 0) is 9.47 Å². The van der Waals surface area contributed by atoms with Crippen LogP contribution >= 0.6 is 0 Å². The van der Waals surface area contributed by atoms with Crippen molar-refractivity contribution < 1.29 is 43.4 Å². The Bertz CT molecular complexity index is 1020. The van der Waals surface area contributed by atoms with E-state index in [0.29, 0.717) is 39.9 Å². The molecule has 9 heteroatoms. The van der Waals surface area contributed by atoms with E-state index in [0.717, 1.165) is 0 Å². The number of rotatable bonds is 3. The molecule has 9 nitrogen and oxygen atoms in total. The van der Waals surface area contributed by atoms with Gasteiger partial charge in [0.05, 0.1) is 20.3 Å². The number of benzene rings is 2. The molecule has 4 unspecified atom stereocenters. The van der Waals surface area contributed by atoms with Crippen molar-refractivity contribution in [1.82, 2.24) is 0 Å². The highest BCUT2D eigenvalue weighted by molar-refractivity contribution is 5.58. The van der Waals surface area contributed by atoms with Gasteiger partial charge in [-0.1, -0.05) is 6.07 Å². The predicted octanol–water partition coefficient (Wildman–Crippen LogP) is 1.46. The fourth-order valence-electron chi connectivity index (χ4n) is 4.73. The number of hydrogen-bond acceptors (Lipinski definition) is 9. The first-order valence-electron chi connectivity index (χ1n) is 9.59. The SMILES string of the molecule is COc1c(C2OCC3(O)C(c4ccc5c(c4)OCO5)OCC23O)ccc2c1OCO2. The van der Waals surface area contributed by atoms with Crippen LogP contribution < -0.4 is 23.7 Å². The quantitative estimate of drug-likeness (QED) is 0.769. The summed E-state index contributed by atoms with van der Waals surface area (Å²) in [7, 11) is 1.51. The fourth-order valence-corrected chi connectivity index (χ4v) is 4.73. The van der Waals surface area contributed by atoms with Crippen molar-refractivity contribution in [3.8, 4) is 28.7 Å². The average Bonchev–Trinajstić information content (AvgIpc) is 3.49. The molecular formula is C21H20O9. The molecule has 4 aliphatic rings. The van der Waals surface area contributed by atoms with Crippen LogP contribution in [0.25, 0.3) is 0 Å². The summed E-state index contributed by atoms with van der Waals surface area (Å²) >= 11 is 0. The van der Waals surface area contributed by atoms with Gasteiger partial charge in [-0.2, -0.15) is 0 Å². The molecular weight excluding hydrogens is 396 g/mol. The van der Waals surface area contributed by atoms with Crippen LogP contribution in [0.3, 0.4) is 0 Å². The Balaban J connectivity index is 1.39. The van der Waals surface area contributed by atoms with Crippen molar-refractivity contribution in [2.24, 2.45) is 0 Å². The normalized spacial score (nSPS) is 33.0. The highest BCUT2D eigenvalue weighted by Crippen LogP contribution is 2.58. The van der Waals surface area contributed by atoms with Crippen molar-refractivity contribution in [1.29, 1.82) is 0 Å². The van der Waals surface area contributed by atoms with E-state index < -0.39 is 23.4 Å². The van der Waals surface area contributed by atoms with E-state index in [1.165, 1.54) is 7.11 Å². The number of methoxy groups -OCH3 is 1. The van der Waals surface area contributed by atoms with Gasteiger partial charge < -0.3 is 43.4 Å². The van der Waals surface area contributed by atoms with E-state index in [-0.39, 0.29) is 26.8 Å². The summed E-state index contributed by atoms with van der Waals surface area (Å²) in [5.74, 6) is 2.60. The topological polar surface area (TPSA) is 105 Å². The van der Waals surface area contributed by atoms with E-state index >= 15 is 0 Å². The minimum absolute atomic E-state index is 0.0875. The molecule has 2 N–H and O–H groups in total. The third-order valence-corrected chi connectivity index (χ3v) is 6.27. The molecule has 4 aliphatic heterocycles. The van der Waals surface area contributed by atoms with Gasteiger partial charge in [-0.05, 0) is 29.8 Å². The summed E-state index contributed by atoms with van der Waals surface area (Å²) < 4.78 is 39.1. The van der Waals surface area contributed by atoms with E-state index in [2.05, 4.69) is 0 Å². The molecule has 2 aromatic carbocycles. The molecule has 2 saturated heterocycles. The third kappa shape index (κ3) is 2.20. The lowest BCUT2D eigenvalue weighted by molar-refractivity contribution is -0.114. The summed E-state index contributed by atoms with van der Waals surface area (Å²) in [6.07, 6.45) is -1.69. The molecule has 2 fully saturated rings. The summed E-state index contributed by atoms with van der Waals surface area (Å²) in [5.41, 5.74) is -2.16. The van der Waals surface area contributed by atoms with Crippen LogP contribution in [0.5, 0.6) is 28.7 Å². The lowest BCUT2D eigenvalue weighted by Gasteiger charge is -2.34. The molecule has 30 heavy (non-hydrogen) atoms. The smallest absolute Gasteiger partial charge is 0.231 e. The molecule has 158 valence electrons. The van der Waals surface area contributed by atoms with E-state index in [1.807, 2.05) is 0 Å². The molecule has 0 aromatic heterocycles. The van der Waals surface area contributed by atoms with Crippen molar-refractivity contribution in [2.75, 3.05) is 33.9 Å². The lowest BCUT2D eigenvalue weighted by Crippen LogP contribution is -2.54. The molecule has 0 spiro atoms. The van der Waals surface area contributed by atoms with Gasteiger partial charge in [0.1, 0.15) is 12.2 Å². The van der Waals surface area contributed by atoms with Crippen molar-refractivity contribution in [3.05, 3.63) is 41.5 Å². The Morgan fingerprint density at radius 2 is 1.50 bits per heavy atom. The summed E-state index contributed by atoms with van der Waals surface area (Å²) in [4.78, 5) is 0. The molecule has 2 aromatic rings. The Hall–Kier alpha value is -2.72. The van der Waals surface area contributed by atoms with Crippen molar-refractivity contribution in [3.63, 3.8) is 0 Å². The van der Waals surface area contributed by atoms with Crippen LogP contribution in [0.15, 0.2) is 30.3 Å². The van der Waals surface area contributed by atoms with Gasteiger partial charge in [0, 0.05) is 5.56 Å². The first-order valence-corrected chi connectivity index (χ1v) is 9.59. The maximum Gasteiger partial charge on any atom is 0.231 e. The molecule has 0 bridgehead atoms. The van der Waals surface area contributed by atoms with Gasteiger partial charge in [0.2, 0.25) is 19.3 Å². The first-order chi connectivity index (χ1) is 14.5. The summed E-state index contributed by atoms with van der Waals surface area (Å²) in [5, 5.41) is 23.2. The van der Waals surface area contributed by atoms with Gasteiger partial charge in [-0.25, -0.2) is 0 Å². The minimum Gasteiger partial charge on any atom is -0.492 e. The van der Waals surface area contributed by atoms with Crippen LogP contribution in [0.2, 0.25) is 0 Å². The molecule has 0 radical (unpaired) electrons. The highest BCUT2D eigenvalue weighted by atomic mass is 16.7. The average molecular weight is 416 g/mol. The number of aliphatic hydroxyl groups is 2. The van der Waals surface area contributed by atoms with E-state index in [1.54, 1.807) is 30.3 Å². The molecule has 0 saturated carbocycles. The zero-order chi connectivity index (χ0) is 20.5. The zero-order valence-electron chi connectivity index (χ0n) is 16.1. The fraction of sp³-hybridized carbons (Fsp3) is 0.429. The van der Waals surface area contributed by atoms with Gasteiger partial charge in [0.15, 0.2) is 34.2 Å². The first kappa shape index (κ1) is 18.1. The Kier molecular flexibility index (Phi) is 3.70. The summed E-state index contributed by atoms with van der Waals surface area (Å²) in [6.45, 7) is -0.00642. The largest absolute Gasteiger partial charge is 0.492 e.